The third-order valence-electron chi connectivity index (χ3n) is 3.66. The average molecular weight is 385 g/mol. The Morgan fingerprint density at radius 2 is 1.88 bits per heavy atom. The molecule has 0 radical (unpaired) electrons. The van der Waals surface area contributed by atoms with E-state index >= 15 is 0 Å². The van der Waals surface area contributed by atoms with E-state index in [9.17, 15) is 0 Å². The molecule has 0 atom stereocenters. The Hall–Kier alpha value is -2.20. The zero-order valence-corrected chi connectivity index (χ0v) is 15.7. The van der Waals surface area contributed by atoms with Crippen molar-refractivity contribution in [3.05, 3.63) is 72.2 Å². The number of halogens is 1. The number of nitrogens with zero attached hydrogens (tertiary/aromatic N) is 2. The van der Waals surface area contributed by atoms with Crippen LogP contribution in [0.25, 0.3) is 22.8 Å². The lowest BCUT2D eigenvalue weighted by Gasteiger charge is -1.98. The number of allylic oxidation sites excluding steroid dienone is 2. The molecule has 3 aromatic rings. The van der Waals surface area contributed by atoms with Gasteiger partial charge in [-0.2, -0.15) is 0 Å². The van der Waals surface area contributed by atoms with Crippen molar-refractivity contribution in [2.75, 3.05) is 0 Å². The zero-order valence-electron chi connectivity index (χ0n) is 14.2. The van der Waals surface area contributed by atoms with Crippen LogP contribution in [-0.2, 0) is 6.54 Å². The lowest BCUT2D eigenvalue weighted by molar-refractivity contribution is -0.686. The summed E-state index contributed by atoms with van der Waals surface area (Å²) in [5, 5.41) is 0. The molecule has 0 aliphatic rings. The van der Waals surface area contributed by atoms with Crippen LogP contribution in [-0.4, -0.2) is 4.98 Å². The van der Waals surface area contributed by atoms with Crippen molar-refractivity contribution in [3.63, 3.8) is 0 Å². The van der Waals surface area contributed by atoms with Crippen LogP contribution in [0, 0.1) is 6.92 Å². The molecule has 1 aromatic carbocycles. The topological polar surface area (TPSA) is 29.9 Å². The summed E-state index contributed by atoms with van der Waals surface area (Å²) in [5.74, 6) is 1.44. The van der Waals surface area contributed by atoms with Crippen molar-refractivity contribution in [2.24, 2.45) is 0 Å². The number of hydrogen-bond donors (Lipinski definition) is 0. The highest BCUT2D eigenvalue weighted by atomic mass is 79.9. The number of rotatable bonds is 4. The van der Waals surface area contributed by atoms with Crippen LogP contribution >= 0.6 is 0 Å². The first kappa shape index (κ1) is 18.1. The number of benzene rings is 1. The van der Waals surface area contributed by atoms with Crippen molar-refractivity contribution in [1.29, 1.82) is 0 Å². The molecule has 0 spiro atoms. The normalized spacial score (nSPS) is 10.1. The molecule has 0 saturated heterocycles. The Morgan fingerprint density at radius 1 is 1.12 bits per heavy atom. The first-order valence-corrected chi connectivity index (χ1v) is 7.77. The van der Waals surface area contributed by atoms with Crippen LogP contribution < -0.4 is 21.5 Å². The van der Waals surface area contributed by atoms with Crippen LogP contribution in [0.3, 0.4) is 0 Å². The largest absolute Gasteiger partial charge is 1.00 e. The van der Waals surface area contributed by atoms with Crippen molar-refractivity contribution in [2.45, 2.75) is 27.3 Å². The summed E-state index contributed by atoms with van der Waals surface area (Å²) >= 11 is 0. The second kappa shape index (κ2) is 8.06. The van der Waals surface area contributed by atoms with Gasteiger partial charge >= 0.3 is 0 Å². The SMILES string of the molecule is CC(C)=CC[n+]1cccc(-c2ncc(-c3ccc(C)cc3)o2)c1.[Br-]. The van der Waals surface area contributed by atoms with E-state index in [0.29, 0.717) is 5.89 Å². The summed E-state index contributed by atoms with van der Waals surface area (Å²) in [6.07, 6.45) is 8.08. The predicted molar refractivity (Wildman–Crippen MR) is 91.7 cm³/mol. The summed E-state index contributed by atoms with van der Waals surface area (Å²) in [5.41, 5.74) is 4.56. The lowest BCUT2D eigenvalue weighted by atomic mass is 10.1. The van der Waals surface area contributed by atoms with E-state index in [1.807, 2.05) is 18.3 Å². The molecule has 0 amide bonds. The smallest absolute Gasteiger partial charge is 0.232 e. The quantitative estimate of drug-likeness (QED) is 0.504. The Morgan fingerprint density at radius 3 is 2.58 bits per heavy atom. The molecule has 3 nitrogen and oxygen atoms in total. The average Bonchev–Trinajstić information content (AvgIpc) is 3.04. The minimum atomic E-state index is 0. The van der Waals surface area contributed by atoms with Gasteiger partial charge in [0.1, 0.15) is 5.56 Å². The fraction of sp³-hybridized carbons (Fsp3) is 0.200. The fourth-order valence-electron chi connectivity index (χ4n) is 2.31. The number of aryl methyl sites for hydroxylation is 1. The molecule has 4 heteroatoms. The maximum absolute atomic E-state index is 5.94. The van der Waals surface area contributed by atoms with Crippen molar-refractivity contribution >= 4 is 0 Å². The predicted octanol–water partition coefficient (Wildman–Crippen LogP) is 1.57. The Kier molecular flexibility index (Phi) is 6.10. The number of aromatic nitrogens is 2. The third-order valence-corrected chi connectivity index (χ3v) is 3.66. The van der Waals surface area contributed by atoms with E-state index in [1.165, 1.54) is 11.1 Å². The standard InChI is InChI=1S/C20H21N2O.BrH/c1-15(2)10-12-22-11-4-5-18(14-22)20-21-13-19(23-20)17-8-6-16(3)7-9-17;/h4-11,13-14H,12H2,1-3H3;1H/q+1;/p-1. The molecule has 2 aromatic heterocycles. The molecule has 0 aliphatic carbocycles. The highest BCUT2D eigenvalue weighted by Crippen LogP contribution is 2.25. The molecule has 3 rings (SSSR count). The van der Waals surface area contributed by atoms with E-state index in [2.05, 4.69) is 66.9 Å². The summed E-state index contributed by atoms with van der Waals surface area (Å²) in [4.78, 5) is 4.43. The minimum absolute atomic E-state index is 0. The van der Waals surface area contributed by atoms with E-state index in [4.69, 9.17) is 4.42 Å². The lowest BCUT2D eigenvalue weighted by Crippen LogP contribution is -3.00. The molecule has 0 N–H and O–H groups in total. The summed E-state index contributed by atoms with van der Waals surface area (Å²) in [7, 11) is 0. The van der Waals surface area contributed by atoms with Crippen molar-refractivity contribution < 1.29 is 26.0 Å². The van der Waals surface area contributed by atoms with Gasteiger partial charge in [0, 0.05) is 11.6 Å². The molecule has 24 heavy (non-hydrogen) atoms. The summed E-state index contributed by atoms with van der Waals surface area (Å²) in [6, 6.07) is 12.3. The van der Waals surface area contributed by atoms with Gasteiger partial charge in [-0.3, -0.25) is 0 Å². The Labute approximate surface area is 153 Å². The van der Waals surface area contributed by atoms with Gasteiger partial charge in [-0.25, -0.2) is 9.55 Å². The molecule has 2 heterocycles. The number of pyridine rings is 1. The van der Waals surface area contributed by atoms with Gasteiger partial charge in [-0.15, -0.1) is 0 Å². The number of hydrogen-bond acceptors (Lipinski definition) is 2. The highest BCUT2D eigenvalue weighted by molar-refractivity contribution is 5.60. The molecule has 0 saturated carbocycles. The van der Waals surface area contributed by atoms with E-state index in [-0.39, 0.29) is 17.0 Å². The van der Waals surface area contributed by atoms with Gasteiger partial charge in [0.05, 0.1) is 6.20 Å². The van der Waals surface area contributed by atoms with Gasteiger partial charge in [0.2, 0.25) is 5.89 Å². The Balaban J connectivity index is 0.00000208. The highest BCUT2D eigenvalue weighted by Gasteiger charge is 2.11. The molecule has 0 bridgehead atoms. The fourth-order valence-corrected chi connectivity index (χ4v) is 2.31. The van der Waals surface area contributed by atoms with E-state index < -0.39 is 0 Å². The van der Waals surface area contributed by atoms with Crippen molar-refractivity contribution in [3.8, 4) is 22.8 Å². The van der Waals surface area contributed by atoms with Crippen molar-refractivity contribution in [1.82, 2.24) is 4.98 Å². The molecule has 124 valence electrons. The van der Waals surface area contributed by atoms with Crippen LogP contribution in [0.15, 0.2) is 71.1 Å². The van der Waals surface area contributed by atoms with Crippen LogP contribution in [0.5, 0.6) is 0 Å². The minimum Gasteiger partial charge on any atom is -1.00 e. The summed E-state index contributed by atoms with van der Waals surface area (Å²) in [6.45, 7) is 7.13. The van der Waals surface area contributed by atoms with Crippen LogP contribution in [0.4, 0.5) is 0 Å². The van der Waals surface area contributed by atoms with E-state index in [0.717, 1.165) is 23.4 Å². The molecule has 0 unspecified atom stereocenters. The first-order valence-electron chi connectivity index (χ1n) is 7.77. The monoisotopic (exact) mass is 384 g/mol. The summed E-state index contributed by atoms with van der Waals surface area (Å²) < 4.78 is 8.06. The first-order chi connectivity index (χ1) is 11.1. The zero-order chi connectivity index (χ0) is 16.2. The van der Waals surface area contributed by atoms with Gasteiger partial charge in [-0.1, -0.05) is 35.4 Å². The molecular formula is C20H21BrN2O. The van der Waals surface area contributed by atoms with Crippen LogP contribution in [0.1, 0.15) is 19.4 Å². The van der Waals surface area contributed by atoms with Gasteiger partial charge < -0.3 is 21.4 Å². The molecule has 0 aliphatic heterocycles. The maximum Gasteiger partial charge on any atom is 0.232 e. The maximum atomic E-state index is 5.94. The van der Waals surface area contributed by atoms with Gasteiger partial charge in [-0.05, 0) is 32.9 Å². The van der Waals surface area contributed by atoms with E-state index in [1.54, 1.807) is 6.20 Å². The molecule has 0 fully saturated rings. The molecular weight excluding hydrogens is 364 g/mol. The Bertz CT molecular complexity index is 831. The number of oxazole rings is 1. The third kappa shape index (κ3) is 4.42. The van der Waals surface area contributed by atoms with Gasteiger partial charge in [0.25, 0.3) is 0 Å². The van der Waals surface area contributed by atoms with Gasteiger partial charge in [0.15, 0.2) is 24.7 Å². The second-order valence-corrected chi connectivity index (χ2v) is 5.97. The second-order valence-electron chi connectivity index (χ2n) is 5.97. The van der Waals surface area contributed by atoms with Crippen LogP contribution in [0.2, 0.25) is 0 Å².